The highest BCUT2D eigenvalue weighted by atomic mass is 16.5. The summed E-state index contributed by atoms with van der Waals surface area (Å²) < 4.78 is 11.2. The Morgan fingerprint density at radius 3 is 2.52 bits per heavy atom. The van der Waals surface area contributed by atoms with Gasteiger partial charge in [0.25, 0.3) is 5.91 Å². The molecule has 0 aliphatic carbocycles. The number of nitrogens with one attached hydrogen (secondary N) is 1. The quantitative estimate of drug-likeness (QED) is 0.621. The molecule has 0 aliphatic heterocycles. The molecule has 4 heteroatoms. The molecule has 2 aromatic rings. The topological polar surface area (TPSA) is 47.6 Å². The van der Waals surface area contributed by atoms with Crippen LogP contribution in [0.4, 0.5) is 5.69 Å². The first-order chi connectivity index (χ1) is 12.2. The summed E-state index contributed by atoms with van der Waals surface area (Å²) in [5.74, 6) is 1.26. The molecule has 0 radical (unpaired) electrons. The molecule has 134 valence electrons. The van der Waals surface area contributed by atoms with Crippen molar-refractivity contribution >= 4 is 11.6 Å². The van der Waals surface area contributed by atoms with Gasteiger partial charge < -0.3 is 14.8 Å². The van der Waals surface area contributed by atoms with Gasteiger partial charge in [-0.3, -0.25) is 4.79 Å². The van der Waals surface area contributed by atoms with E-state index in [4.69, 9.17) is 9.47 Å². The summed E-state index contributed by atoms with van der Waals surface area (Å²) in [6.45, 7) is 4.88. The predicted octanol–water partition coefficient (Wildman–Crippen LogP) is 4.97. The summed E-state index contributed by atoms with van der Waals surface area (Å²) in [7, 11) is 0. The lowest BCUT2D eigenvalue weighted by atomic mass is 10.2. The van der Waals surface area contributed by atoms with E-state index in [2.05, 4.69) is 12.2 Å². The van der Waals surface area contributed by atoms with Crippen LogP contribution in [-0.2, 0) is 4.79 Å². The Kier molecular flexibility index (Phi) is 7.83. The Hall–Kier alpha value is -2.49. The molecule has 0 unspecified atom stereocenters. The molecule has 0 aliphatic rings. The molecule has 0 heterocycles. The number of hydrogen-bond acceptors (Lipinski definition) is 3. The fourth-order valence-corrected chi connectivity index (χ4v) is 2.36. The van der Waals surface area contributed by atoms with Crippen molar-refractivity contribution in [3.05, 3.63) is 54.1 Å². The van der Waals surface area contributed by atoms with Crippen LogP contribution in [-0.4, -0.2) is 19.1 Å². The molecule has 4 nitrogen and oxygen atoms in total. The molecule has 0 fully saturated rings. The minimum absolute atomic E-state index is 0.0227. The molecule has 2 rings (SSSR count). The number of carbonyl (C=O) groups excluding carboxylic acids is 1. The minimum Gasteiger partial charge on any atom is -0.494 e. The Labute approximate surface area is 150 Å². The average molecular weight is 341 g/mol. The fourth-order valence-electron chi connectivity index (χ4n) is 2.36. The van der Waals surface area contributed by atoms with Gasteiger partial charge >= 0.3 is 0 Å². The van der Waals surface area contributed by atoms with E-state index in [9.17, 15) is 4.79 Å². The lowest BCUT2D eigenvalue weighted by Crippen LogP contribution is -2.20. The summed E-state index contributed by atoms with van der Waals surface area (Å²) in [5, 5.41) is 2.83. The highest BCUT2D eigenvalue weighted by Crippen LogP contribution is 2.18. The highest BCUT2D eigenvalue weighted by molar-refractivity contribution is 5.92. The zero-order valence-corrected chi connectivity index (χ0v) is 15.1. The molecule has 0 saturated heterocycles. The molecular formula is C21H27NO3. The van der Waals surface area contributed by atoms with E-state index in [0.717, 1.165) is 17.7 Å². The Morgan fingerprint density at radius 1 is 0.960 bits per heavy atom. The number of unbranched alkanes of at least 4 members (excludes halogenated alkanes) is 3. The molecule has 2 aromatic carbocycles. The van der Waals surface area contributed by atoms with Crippen LogP contribution in [0.3, 0.4) is 0 Å². The van der Waals surface area contributed by atoms with E-state index < -0.39 is 0 Å². The van der Waals surface area contributed by atoms with Crippen molar-refractivity contribution in [1.82, 2.24) is 0 Å². The van der Waals surface area contributed by atoms with Crippen molar-refractivity contribution in [2.24, 2.45) is 0 Å². The lowest BCUT2D eigenvalue weighted by Gasteiger charge is -2.10. The molecule has 0 atom stereocenters. The van der Waals surface area contributed by atoms with Crippen molar-refractivity contribution in [2.75, 3.05) is 18.5 Å². The second-order valence-electron chi connectivity index (χ2n) is 6.09. The SMILES string of the molecule is CCCCCCOc1cccc(NC(=O)COc2ccc(C)cc2)c1. The number of rotatable bonds is 10. The molecule has 0 spiro atoms. The molecule has 1 amide bonds. The molecule has 25 heavy (non-hydrogen) atoms. The Balaban J connectivity index is 1.76. The van der Waals surface area contributed by atoms with Crippen LogP contribution in [0.25, 0.3) is 0 Å². The number of anilines is 1. The van der Waals surface area contributed by atoms with Crippen LogP contribution in [0.5, 0.6) is 11.5 Å². The summed E-state index contributed by atoms with van der Waals surface area (Å²) in [5.41, 5.74) is 1.87. The van der Waals surface area contributed by atoms with Crippen molar-refractivity contribution in [3.8, 4) is 11.5 Å². The van der Waals surface area contributed by atoms with Crippen molar-refractivity contribution in [3.63, 3.8) is 0 Å². The van der Waals surface area contributed by atoms with E-state index in [1.165, 1.54) is 19.3 Å². The van der Waals surface area contributed by atoms with Gasteiger partial charge in [0, 0.05) is 11.8 Å². The number of ether oxygens (including phenoxy) is 2. The number of amides is 1. The minimum atomic E-state index is -0.194. The normalized spacial score (nSPS) is 10.3. The largest absolute Gasteiger partial charge is 0.494 e. The molecular weight excluding hydrogens is 314 g/mol. The van der Waals surface area contributed by atoms with E-state index in [0.29, 0.717) is 18.0 Å². The van der Waals surface area contributed by atoms with Crippen LogP contribution in [0, 0.1) is 6.92 Å². The summed E-state index contributed by atoms with van der Waals surface area (Å²) >= 11 is 0. The highest BCUT2D eigenvalue weighted by Gasteiger charge is 2.05. The van der Waals surface area contributed by atoms with Gasteiger partial charge in [0.05, 0.1) is 6.61 Å². The Bertz CT molecular complexity index is 652. The van der Waals surface area contributed by atoms with Gasteiger partial charge in [0.15, 0.2) is 6.61 Å². The second-order valence-corrected chi connectivity index (χ2v) is 6.09. The maximum absolute atomic E-state index is 12.0. The number of carbonyl (C=O) groups is 1. The summed E-state index contributed by atoms with van der Waals surface area (Å²) in [6, 6.07) is 15.1. The van der Waals surface area contributed by atoms with Crippen LogP contribution in [0.2, 0.25) is 0 Å². The summed E-state index contributed by atoms with van der Waals surface area (Å²) in [6.07, 6.45) is 4.69. The van der Waals surface area contributed by atoms with Crippen molar-refractivity contribution in [2.45, 2.75) is 39.5 Å². The molecule has 1 N–H and O–H groups in total. The van der Waals surface area contributed by atoms with Gasteiger partial charge in [-0.1, -0.05) is 49.9 Å². The monoisotopic (exact) mass is 341 g/mol. The summed E-state index contributed by atoms with van der Waals surface area (Å²) in [4.78, 5) is 12.0. The standard InChI is InChI=1S/C21H27NO3/c1-3-4-5-6-14-24-20-9-7-8-18(15-20)22-21(23)16-25-19-12-10-17(2)11-13-19/h7-13,15H,3-6,14,16H2,1-2H3,(H,22,23). The zero-order valence-electron chi connectivity index (χ0n) is 15.1. The van der Waals surface area contributed by atoms with Gasteiger partial charge in [-0.25, -0.2) is 0 Å². The van der Waals surface area contributed by atoms with Gasteiger partial charge in [-0.15, -0.1) is 0 Å². The number of aryl methyl sites for hydroxylation is 1. The maximum atomic E-state index is 12.0. The first-order valence-electron chi connectivity index (χ1n) is 8.89. The first-order valence-corrected chi connectivity index (χ1v) is 8.89. The number of hydrogen-bond donors (Lipinski definition) is 1. The maximum Gasteiger partial charge on any atom is 0.262 e. The van der Waals surface area contributed by atoms with Crippen LogP contribution in [0.1, 0.15) is 38.2 Å². The lowest BCUT2D eigenvalue weighted by molar-refractivity contribution is -0.118. The third-order valence-electron chi connectivity index (χ3n) is 3.78. The van der Waals surface area contributed by atoms with Crippen LogP contribution in [0.15, 0.2) is 48.5 Å². The third kappa shape index (κ3) is 7.29. The smallest absolute Gasteiger partial charge is 0.262 e. The van der Waals surface area contributed by atoms with E-state index in [-0.39, 0.29) is 12.5 Å². The molecule has 0 bridgehead atoms. The molecule has 0 aromatic heterocycles. The van der Waals surface area contributed by atoms with E-state index in [1.807, 2.05) is 55.5 Å². The van der Waals surface area contributed by atoms with E-state index in [1.54, 1.807) is 0 Å². The predicted molar refractivity (Wildman–Crippen MR) is 101 cm³/mol. The van der Waals surface area contributed by atoms with Gasteiger partial charge in [-0.2, -0.15) is 0 Å². The Morgan fingerprint density at radius 2 is 1.76 bits per heavy atom. The van der Waals surface area contributed by atoms with Crippen LogP contribution < -0.4 is 14.8 Å². The van der Waals surface area contributed by atoms with Gasteiger partial charge in [0.1, 0.15) is 11.5 Å². The van der Waals surface area contributed by atoms with E-state index >= 15 is 0 Å². The third-order valence-corrected chi connectivity index (χ3v) is 3.78. The van der Waals surface area contributed by atoms with Crippen LogP contribution >= 0.6 is 0 Å². The van der Waals surface area contributed by atoms with Crippen molar-refractivity contribution < 1.29 is 14.3 Å². The van der Waals surface area contributed by atoms with Gasteiger partial charge in [-0.05, 0) is 37.6 Å². The first kappa shape index (κ1) is 18.8. The average Bonchev–Trinajstić information content (AvgIpc) is 2.61. The van der Waals surface area contributed by atoms with Gasteiger partial charge in [0.2, 0.25) is 0 Å². The fraction of sp³-hybridized carbons (Fsp3) is 0.381. The second kappa shape index (κ2) is 10.4. The molecule has 0 saturated carbocycles. The number of benzene rings is 2. The zero-order chi connectivity index (χ0) is 17.9. The van der Waals surface area contributed by atoms with Crippen molar-refractivity contribution in [1.29, 1.82) is 0 Å².